The van der Waals surface area contributed by atoms with Crippen LogP contribution in [0.3, 0.4) is 0 Å². The van der Waals surface area contributed by atoms with E-state index in [1.54, 1.807) is 22.2 Å². The number of quaternary nitrogens is 1. The minimum absolute atomic E-state index is 0.000912. The Hall–Kier alpha value is -6.00. The van der Waals surface area contributed by atoms with E-state index in [9.17, 15) is 110 Å². The number of carbonyl (C=O) groups excluding carboxylic acids is 2. The highest BCUT2D eigenvalue weighted by Gasteiger charge is 2.44. The summed E-state index contributed by atoms with van der Waals surface area (Å²) in [5.41, 5.74) is -6.12. The summed E-state index contributed by atoms with van der Waals surface area (Å²) in [7, 11) is -8.82. The van der Waals surface area contributed by atoms with E-state index in [1.165, 1.54) is 38.1 Å². The molecule has 2 fully saturated rings. The van der Waals surface area contributed by atoms with Gasteiger partial charge in [-0.15, -0.1) is 4.78 Å². The molecule has 0 aromatic heterocycles. The predicted octanol–water partition coefficient (Wildman–Crippen LogP) is 4.39. The van der Waals surface area contributed by atoms with Gasteiger partial charge in [0.05, 0.1) is 105 Å². The summed E-state index contributed by atoms with van der Waals surface area (Å²) in [6, 6.07) is 10.2. The number of ether oxygens (including phenoxy) is 4. The molecular weight excluding hydrogens is 1360 g/mol. The Kier molecular flexibility index (Phi) is 26.0. The standard InChI is InChI=1S/2C24H23F7N3O6P.C7H17NO5/c2*1-13(15-8-16(23(26,27)28)10-17(9-15)24(29,30)31)40-22-21(14-2-4-18(25)5-3-14)33(6-7-39-22)12-19-11-20(35)34(32-19)41(36,37)38;1-8-2-4(10)6(12)7(13)5(11)3-9/h2*2-5,8-10,13,21-22H,6-7,11-12H2,1H3,(H2,36,37,38);4-13H,2-3H2,1H3/p-1/t2*13-,21+,22-;4-,5+,6+,7+/m110/s1. The topological polar surface area (TPSA) is 347 Å². The number of alkyl halides is 12. The quantitative estimate of drug-likeness (QED) is 0.0449. The fraction of sp³-hybridized carbons (Fsp3) is 0.491. The van der Waals surface area contributed by atoms with E-state index in [1.807, 2.05) is 0 Å². The third kappa shape index (κ3) is 21.3. The zero-order valence-electron chi connectivity index (χ0n) is 49.6. The van der Waals surface area contributed by atoms with E-state index in [0.29, 0.717) is 35.4 Å². The van der Waals surface area contributed by atoms with Gasteiger partial charge in [0.2, 0.25) is 0 Å². The lowest BCUT2D eigenvalue weighted by Gasteiger charge is -2.42. The van der Waals surface area contributed by atoms with Crippen LogP contribution in [0.4, 0.5) is 61.5 Å². The number of halogens is 14. The van der Waals surface area contributed by atoms with E-state index in [0.717, 1.165) is 24.3 Å². The fourth-order valence-corrected chi connectivity index (χ4v) is 11.1. The second-order valence-electron chi connectivity index (χ2n) is 21.6. The van der Waals surface area contributed by atoms with E-state index < -0.39 is 178 Å². The van der Waals surface area contributed by atoms with Crippen molar-refractivity contribution in [3.63, 3.8) is 0 Å². The molecule has 4 aliphatic heterocycles. The minimum atomic E-state index is -5.51. The maximum absolute atomic E-state index is 13.7. The molecule has 10 atom stereocenters. The lowest BCUT2D eigenvalue weighted by atomic mass is 10.0. The molecule has 24 nitrogen and oxygen atoms in total. The van der Waals surface area contributed by atoms with Crippen LogP contribution in [0.2, 0.25) is 0 Å². The summed E-state index contributed by atoms with van der Waals surface area (Å²) in [5.74, 6) is -3.19. The Bertz CT molecular complexity index is 3170. The molecule has 0 aliphatic carbocycles. The Morgan fingerprint density at radius 1 is 0.589 bits per heavy atom. The van der Waals surface area contributed by atoms with Crippen molar-refractivity contribution in [1.82, 2.24) is 19.4 Å². The summed E-state index contributed by atoms with van der Waals surface area (Å²) in [6.07, 6.45) is -32.0. The van der Waals surface area contributed by atoms with Crippen LogP contribution in [0.15, 0.2) is 95.1 Å². The molecule has 4 heterocycles. The van der Waals surface area contributed by atoms with Crippen molar-refractivity contribution >= 4 is 38.7 Å². The molecule has 4 aliphatic rings. The van der Waals surface area contributed by atoms with Crippen LogP contribution >= 0.6 is 15.5 Å². The first-order valence-electron chi connectivity index (χ1n) is 28.0. The molecule has 0 spiro atoms. The molecule has 4 aromatic rings. The summed E-state index contributed by atoms with van der Waals surface area (Å²) in [6.45, 7) is 1.91. The highest BCUT2D eigenvalue weighted by molar-refractivity contribution is 7.50. The zero-order chi connectivity index (χ0) is 71.1. The van der Waals surface area contributed by atoms with Crippen LogP contribution in [-0.4, -0.2) is 175 Å². The van der Waals surface area contributed by atoms with Crippen LogP contribution in [0.25, 0.3) is 0 Å². The molecule has 8 rings (SSSR count). The number of likely N-dealkylation sites (N-methyl/N-ethyl adjacent to an activating group) is 1. The van der Waals surface area contributed by atoms with Gasteiger partial charge < -0.3 is 73.9 Å². The molecule has 0 unspecified atom stereocenters. The van der Waals surface area contributed by atoms with Crippen LogP contribution in [0.1, 0.15) is 95.5 Å². The first-order chi connectivity index (χ1) is 43.9. The van der Waals surface area contributed by atoms with Crippen LogP contribution < -0.4 is 15.1 Å². The van der Waals surface area contributed by atoms with Gasteiger partial charge in [-0.3, -0.25) is 19.4 Å². The summed E-state index contributed by atoms with van der Waals surface area (Å²) < 4.78 is 234. The zero-order valence-corrected chi connectivity index (χ0v) is 51.4. The summed E-state index contributed by atoms with van der Waals surface area (Å²) in [4.78, 5) is 68.6. The predicted molar refractivity (Wildman–Crippen MR) is 294 cm³/mol. The van der Waals surface area contributed by atoms with Crippen LogP contribution in [-0.2, 0) is 62.4 Å². The Morgan fingerprint density at radius 2 is 0.926 bits per heavy atom. The molecule has 40 heteroatoms. The Morgan fingerprint density at radius 3 is 1.22 bits per heavy atom. The second kappa shape index (κ2) is 31.7. The minimum Gasteiger partial charge on any atom is -0.793 e. The maximum atomic E-state index is 13.7. The van der Waals surface area contributed by atoms with Gasteiger partial charge >= 0.3 is 32.5 Å². The normalized spacial score (nSPS) is 21.6. The number of hydrazone groups is 2. The van der Waals surface area contributed by atoms with Crippen molar-refractivity contribution in [2.45, 2.75) is 113 Å². The van der Waals surface area contributed by atoms with Crippen molar-refractivity contribution < 1.29 is 150 Å². The highest BCUT2D eigenvalue weighted by Crippen LogP contribution is 2.45. The lowest BCUT2D eigenvalue weighted by Crippen LogP contribution is -2.83. The SMILES string of the molecule is C[C@@H](O[C@H]1OCCN(CC2=NN(P(=O)(O)O)C(=O)C2)[C@H]1c1ccc(F)cc1)c1cc(C(F)(F)F)cc(C(F)(F)F)c1.C[C@@H](O[C@H]1OCCN(CC2=NN(P(=O)([O-])[O-])C(=O)C2)[C@H]1c1ccc(F)cc1)c1cc(C(F)(F)F)cc(C(F)(F)F)c1.C[NH2+]C[C@H](O)[C@@H](O)[C@H](O)[C@H](O)CO. The molecule has 95 heavy (non-hydrogen) atoms. The number of amides is 2. The number of nitrogens with zero attached hydrogens (tertiary/aromatic N) is 6. The molecule has 528 valence electrons. The van der Waals surface area contributed by atoms with Gasteiger partial charge in [-0.2, -0.15) is 62.9 Å². The first-order valence-corrected chi connectivity index (χ1v) is 31.1. The molecule has 2 saturated heterocycles. The summed E-state index contributed by atoms with van der Waals surface area (Å²) in [5, 5.41) is 53.9. The lowest BCUT2D eigenvalue weighted by molar-refractivity contribution is -0.635. The number of benzene rings is 4. The van der Waals surface area contributed by atoms with Crippen molar-refractivity contribution in [2.24, 2.45) is 10.2 Å². The van der Waals surface area contributed by atoms with Gasteiger partial charge in [-0.05, 0) is 96.8 Å². The maximum Gasteiger partial charge on any atom is 0.452 e. The molecule has 0 saturated carbocycles. The van der Waals surface area contributed by atoms with Gasteiger partial charge in [0.1, 0.15) is 42.6 Å². The number of morpholine rings is 2. The largest absolute Gasteiger partial charge is 0.793 e. The highest BCUT2D eigenvalue weighted by atomic mass is 31.2. The number of aliphatic hydroxyl groups is 5. The van der Waals surface area contributed by atoms with Crippen LogP contribution in [0.5, 0.6) is 0 Å². The molecule has 2 amide bonds. The third-order valence-electron chi connectivity index (χ3n) is 14.6. The van der Waals surface area contributed by atoms with E-state index in [-0.39, 0.29) is 79.1 Å². The van der Waals surface area contributed by atoms with Gasteiger partial charge in [0.15, 0.2) is 12.6 Å². The third-order valence-corrected chi connectivity index (χ3v) is 16.1. The molecule has 0 bridgehead atoms. The number of nitrogens with two attached hydrogens (primary N) is 1. The average molecular weight is 1420 g/mol. The summed E-state index contributed by atoms with van der Waals surface area (Å²) >= 11 is 0. The van der Waals surface area contributed by atoms with Crippen molar-refractivity contribution in [2.75, 3.05) is 59.6 Å². The number of rotatable bonds is 20. The van der Waals surface area contributed by atoms with Crippen molar-refractivity contribution in [3.8, 4) is 0 Å². The second-order valence-corrected chi connectivity index (χ2v) is 24.3. The molecule has 9 N–H and O–H groups in total. The number of aliphatic hydroxyl groups excluding tert-OH is 5. The number of hydrogen-bond acceptors (Lipinski definition) is 19. The smallest absolute Gasteiger partial charge is 0.452 e. The van der Waals surface area contributed by atoms with E-state index in [4.69, 9.17) is 34.3 Å². The first kappa shape index (κ1) is 78.0. The number of carbonyl (C=O) groups is 2. The molecule has 0 radical (unpaired) electrons. The van der Waals surface area contributed by atoms with Crippen LogP contribution in [0, 0.1) is 11.6 Å². The van der Waals surface area contributed by atoms with Crippen molar-refractivity contribution in [1.29, 1.82) is 0 Å². The van der Waals surface area contributed by atoms with E-state index in [2.05, 4.69) is 10.2 Å². The fourth-order valence-electron chi connectivity index (χ4n) is 9.93. The van der Waals surface area contributed by atoms with Gasteiger partial charge in [0, 0.05) is 26.2 Å². The Balaban J connectivity index is 0.000000254. The van der Waals surface area contributed by atoms with E-state index >= 15 is 0 Å². The van der Waals surface area contributed by atoms with Gasteiger partial charge in [-0.25, -0.2) is 18.1 Å². The monoisotopic (exact) mass is 1420 g/mol. The Labute approximate surface area is 530 Å². The van der Waals surface area contributed by atoms with Gasteiger partial charge in [-0.1, -0.05) is 24.3 Å². The number of hydrogen-bond donors (Lipinski definition) is 8. The average Bonchev–Trinajstić information content (AvgIpc) is 1.58. The molecular formula is C55H62F14N7O17P2-. The van der Waals surface area contributed by atoms with Crippen molar-refractivity contribution in [3.05, 3.63) is 141 Å². The van der Waals surface area contributed by atoms with Gasteiger partial charge in [0.25, 0.3) is 11.8 Å². The molecule has 4 aromatic carbocycles.